The number of fused-ring (bicyclic) bond motifs is 1. The molecule has 3 aromatic carbocycles. The van der Waals surface area contributed by atoms with E-state index in [9.17, 15) is 5.11 Å². The lowest BCUT2D eigenvalue weighted by molar-refractivity contribution is 0.125. The van der Waals surface area contributed by atoms with E-state index in [-0.39, 0.29) is 0 Å². The highest BCUT2D eigenvalue weighted by Gasteiger charge is 2.35. The van der Waals surface area contributed by atoms with Crippen molar-refractivity contribution in [1.82, 2.24) is 15.0 Å². The second kappa shape index (κ2) is 8.73. The third-order valence-corrected chi connectivity index (χ3v) is 6.52. The van der Waals surface area contributed by atoms with Crippen LogP contribution in [0.25, 0.3) is 22.0 Å². The molecule has 0 aliphatic heterocycles. The maximum absolute atomic E-state index is 12.1. The third-order valence-electron chi connectivity index (χ3n) is 5.60. The number of benzene rings is 3. The molecule has 1 unspecified atom stereocenters. The molecule has 0 aliphatic rings. The van der Waals surface area contributed by atoms with Crippen molar-refractivity contribution in [1.29, 1.82) is 0 Å². The van der Waals surface area contributed by atoms with Gasteiger partial charge in [-0.1, -0.05) is 83.3 Å². The summed E-state index contributed by atoms with van der Waals surface area (Å²) in [5.74, 6) is 0. The highest BCUT2D eigenvalue weighted by Crippen LogP contribution is 2.42. The Bertz CT molecular complexity index is 1450. The van der Waals surface area contributed by atoms with Crippen LogP contribution in [-0.2, 0) is 5.60 Å². The Kier molecular flexibility index (Phi) is 5.77. The maximum Gasteiger partial charge on any atom is 0.143 e. The Labute approximate surface area is 205 Å². The number of halogens is 3. The molecule has 2 aromatic heterocycles. The minimum atomic E-state index is -1.55. The summed E-state index contributed by atoms with van der Waals surface area (Å²) in [4.78, 5) is 12.8. The Morgan fingerprint density at radius 2 is 1.39 bits per heavy atom. The average Bonchev–Trinajstić information content (AvgIpc) is 2.85. The smallest absolute Gasteiger partial charge is 0.143 e. The van der Waals surface area contributed by atoms with Crippen molar-refractivity contribution in [2.24, 2.45) is 0 Å². The second-order valence-electron chi connectivity index (χ2n) is 7.53. The fraction of sp³-hybridized carbons (Fsp3) is 0.0385. The minimum Gasteiger partial charge on any atom is -0.376 e. The highest BCUT2D eigenvalue weighted by atomic mass is 35.5. The molecule has 5 rings (SSSR count). The first-order chi connectivity index (χ1) is 16.0. The molecule has 0 saturated heterocycles. The molecule has 0 aliphatic carbocycles. The molecule has 0 bridgehead atoms. The zero-order chi connectivity index (χ0) is 23.0. The predicted octanol–water partition coefficient (Wildman–Crippen LogP) is 6.94. The van der Waals surface area contributed by atoms with Crippen molar-refractivity contribution < 1.29 is 5.11 Å². The summed E-state index contributed by atoms with van der Waals surface area (Å²) in [6.45, 7) is 0. The number of aliphatic hydroxyl groups is 1. The van der Waals surface area contributed by atoms with Crippen molar-refractivity contribution in [3.63, 3.8) is 0 Å². The van der Waals surface area contributed by atoms with E-state index in [1.165, 1.54) is 6.33 Å². The monoisotopic (exact) mass is 491 g/mol. The normalized spacial score (nSPS) is 13.1. The van der Waals surface area contributed by atoms with Crippen molar-refractivity contribution in [3.8, 4) is 11.1 Å². The molecule has 5 aromatic rings. The first-order valence-electron chi connectivity index (χ1n) is 10.1. The van der Waals surface area contributed by atoms with Crippen LogP contribution in [0.5, 0.6) is 0 Å². The summed E-state index contributed by atoms with van der Waals surface area (Å²) in [6.07, 6.45) is 4.59. The van der Waals surface area contributed by atoms with E-state index in [2.05, 4.69) is 15.0 Å². The summed E-state index contributed by atoms with van der Waals surface area (Å²) < 4.78 is 0. The fourth-order valence-corrected chi connectivity index (χ4v) is 4.77. The quantitative estimate of drug-likeness (QED) is 0.276. The fourth-order valence-electron chi connectivity index (χ4n) is 3.95. The van der Waals surface area contributed by atoms with Gasteiger partial charge in [-0.2, -0.15) is 0 Å². The molecule has 1 N–H and O–H groups in total. The van der Waals surface area contributed by atoms with Gasteiger partial charge in [0.25, 0.3) is 0 Å². The third kappa shape index (κ3) is 3.85. The van der Waals surface area contributed by atoms with E-state index in [0.29, 0.717) is 48.4 Å². The molecule has 1 atom stereocenters. The summed E-state index contributed by atoms with van der Waals surface area (Å²) in [7, 11) is 0. The van der Waals surface area contributed by atoms with Crippen LogP contribution in [0.4, 0.5) is 0 Å². The van der Waals surface area contributed by atoms with E-state index in [1.807, 2.05) is 36.4 Å². The second-order valence-corrected chi connectivity index (χ2v) is 8.71. The molecular formula is C26H16Cl3N3O. The molecule has 162 valence electrons. The van der Waals surface area contributed by atoms with Crippen molar-refractivity contribution in [3.05, 3.63) is 123 Å². The van der Waals surface area contributed by atoms with Gasteiger partial charge in [-0.25, -0.2) is 15.0 Å². The first kappa shape index (κ1) is 21.8. The Balaban J connectivity index is 1.77. The molecule has 33 heavy (non-hydrogen) atoms. The van der Waals surface area contributed by atoms with Gasteiger partial charge < -0.3 is 5.11 Å². The number of nitrogens with zero attached hydrogens (tertiary/aromatic N) is 3. The van der Waals surface area contributed by atoms with Crippen molar-refractivity contribution in [2.45, 2.75) is 5.60 Å². The maximum atomic E-state index is 12.1. The summed E-state index contributed by atoms with van der Waals surface area (Å²) in [5.41, 5.74) is 2.28. The van der Waals surface area contributed by atoms with Crippen LogP contribution in [0.1, 0.15) is 16.7 Å². The summed E-state index contributed by atoms with van der Waals surface area (Å²) in [5, 5.41) is 14.1. The molecule has 0 fully saturated rings. The number of rotatable bonds is 4. The van der Waals surface area contributed by atoms with Gasteiger partial charge >= 0.3 is 0 Å². The highest BCUT2D eigenvalue weighted by molar-refractivity contribution is 6.42. The van der Waals surface area contributed by atoms with Gasteiger partial charge in [-0.15, -0.1) is 0 Å². The zero-order valence-corrected chi connectivity index (χ0v) is 19.4. The molecule has 0 saturated carbocycles. The molecule has 4 nitrogen and oxygen atoms in total. The van der Waals surface area contributed by atoms with Crippen LogP contribution in [0, 0.1) is 0 Å². The van der Waals surface area contributed by atoms with E-state index < -0.39 is 5.60 Å². The molecule has 0 spiro atoms. The Hall–Kier alpha value is -3.02. The zero-order valence-electron chi connectivity index (χ0n) is 17.1. The van der Waals surface area contributed by atoms with Gasteiger partial charge in [0.1, 0.15) is 17.1 Å². The lowest BCUT2D eigenvalue weighted by Crippen LogP contribution is -2.29. The van der Waals surface area contributed by atoms with Gasteiger partial charge in [-0.3, -0.25) is 0 Å². The molecule has 2 heterocycles. The standard InChI is InChI=1S/C26H16Cl3N3O/c27-20-9-6-17(7-10-20)26(33,19-13-30-15-31-14-19)18-8-11-22-21(12-18)24(28)23(25(29)32-22)16-4-2-1-3-5-16/h1-15,33H. The topological polar surface area (TPSA) is 58.9 Å². The number of aromatic nitrogens is 3. The van der Waals surface area contributed by atoms with Gasteiger partial charge in [0.15, 0.2) is 0 Å². The van der Waals surface area contributed by atoms with Crippen molar-refractivity contribution in [2.75, 3.05) is 0 Å². The van der Waals surface area contributed by atoms with Gasteiger partial charge in [-0.05, 0) is 41.0 Å². The van der Waals surface area contributed by atoms with Crippen LogP contribution in [0.3, 0.4) is 0 Å². The van der Waals surface area contributed by atoms with E-state index in [1.54, 1.807) is 48.8 Å². The molecular weight excluding hydrogens is 477 g/mol. The number of pyridine rings is 1. The van der Waals surface area contributed by atoms with Crippen LogP contribution in [0.15, 0.2) is 91.5 Å². The lowest BCUT2D eigenvalue weighted by Gasteiger charge is -2.30. The van der Waals surface area contributed by atoms with Gasteiger partial charge in [0, 0.05) is 33.9 Å². The average molecular weight is 493 g/mol. The van der Waals surface area contributed by atoms with E-state index >= 15 is 0 Å². The van der Waals surface area contributed by atoms with Crippen molar-refractivity contribution >= 4 is 45.7 Å². The van der Waals surface area contributed by atoms with Gasteiger partial charge in [0.2, 0.25) is 0 Å². The Morgan fingerprint density at radius 3 is 2.09 bits per heavy atom. The van der Waals surface area contributed by atoms with Crippen LogP contribution < -0.4 is 0 Å². The predicted molar refractivity (Wildman–Crippen MR) is 133 cm³/mol. The molecule has 0 amide bonds. The lowest BCUT2D eigenvalue weighted by atomic mass is 9.81. The van der Waals surface area contributed by atoms with Crippen LogP contribution >= 0.6 is 34.8 Å². The largest absolute Gasteiger partial charge is 0.376 e. The van der Waals surface area contributed by atoms with Crippen LogP contribution in [0.2, 0.25) is 15.2 Å². The molecule has 0 radical (unpaired) electrons. The summed E-state index contributed by atoms with van der Waals surface area (Å²) >= 11 is 19.5. The van der Waals surface area contributed by atoms with Gasteiger partial charge in [0.05, 0.1) is 10.5 Å². The summed E-state index contributed by atoms with van der Waals surface area (Å²) in [6, 6.07) is 22.0. The first-order valence-corrected chi connectivity index (χ1v) is 11.2. The van der Waals surface area contributed by atoms with E-state index in [4.69, 9.17) is 34.8 Å². The minimum absolute atomic E-state index is 0.316. The van der Waals surface area contributed by atoms with Crippen LogP contribution in [-0.4, -0.2) is 20.1 Å². The van der Waals surface area contributed by atoms with E-state index in [0.717, 1.165) is 5.56 Å². The SMILES string of the molecule is OC(c1ccc(Cl)cc1)(c1cncnc1)c1ccc2nc(Cl)c(-c3ccccc3)c(Cl)c2c1. The number of hydrogen-bond acceptors (Lipinski definition) is 4. The number of hydrogen-bond donors (Lipinski definition) is 1. The molecule has 7 heteroatoms. The Morgan fingerprint density at radius 1 is 0.727 bits per heavy atom.